The zero-order valence-electron chi connectivity index (χ0n) is 11.5. The molecular formula is C15H16N2O3S. The normalized spacial score (nSPS) is 11.7. The number of rotatable bonds is 5. The van der Waals surface area contributed by atoms with Crippen molar-refractivity contribution in [3.63, 3.8) is 0 Å². The van der Waals surface area contributed by atoms with E-state index >= 15 is 0 Å². The lowest BCUT2D eigenvalue weighted by molar-refractivity contribution is -0.139. The third-order valence-electron chi connectivity index (χ3n) is 2.97. The molecule has 0 fully saturated rings. The maximum atomic E-state index is 11.9. The maximum Gasteiger partial charge on any atom is 0.331 e. The minimum Gasteiger partial charge on any atom is -0.479 e. The summed E-state index contributed by atoms with van der Waals surface area (Å²) in [6, 6.07) is 9.27. The van der Waals surface area contributed by atoms with E-state index in [4.69, 9.17) is 0 Å². The van der Waals surface area contributed by atoms with Crippen molar-refractivity contribution in [1.82, 2.24) is 5.32 Å². The van der Waals surface area contributed by atoms with E-state index in [-0.39, 0.29) is 0 Å². The number of benzene rings is 1. The molecule has 0 bridgehead atoms. The minimum absolute atomic E-state index is 0.542. The third kappa shape index (κ3) is 4.06. The van der Waals surface area contributed by atoms with Gasteiger partial charge in [-0.1, -0.05) is 25.1 Å². The molecule has 0 aliphatic carbocycles. The van der Waals surface area contributed by atoms with Crippen LogP contribution in [0.2, 0.25) is 0 Å². The summed E-state index contributed by atoms with van der Waals surface area (Å²) in [6.45, 7) is 2.05. The quantitative estimate of drug-likeness (QED) is 0.793. The SMILES string of the molecule is CCc1ccc(NC(=O)NC(C(=O)O)c2cccs2)cc1. The molecule has 1 atom stereocenters. The molecule has 2 amide bonds. The molecule has 6 heteroatoms. The van der Waals surface area contributed by atoms with E-state index in [1.165, 1.54) is 16.9 Å². The summed E-state index contributed by atoms with van der Waals surface area (Å²) in [7, 11) is 0. The fraction of sp³-hybridized carbons (Fsp3) is 0.200. The molecule has 1 unspecified atom stereocenters. The molecule has 0 radical (unpaired) electrons. The Labute approximate surface area is 126 Å². The number of carboxylic acids is 1. The van der Waals surface area contributed by atoms with E-state index in [2.05, 4.69) is 10.6 Å². The van der Waals surface area contributed by atoms with Crippen molar-refractivity contribution in [1.29, 1.82) is 0 Å². The fourth-order valence-electron chi connectivity index (χ4n) is 1.83. The van der Waals surface area contributed by atoms with Gasteiger partial charge >= 0.3 is 12.0 Å². The van der Waals surface area contributed by atoms with Crippen LogP contribution in [0.5, 0.6) is 0 Å². The zero-order valence-corrected chi connectivity index (χ0v) is 12.3. The molecule has 0 saturated carbocycles. The molecular weight excluding hydrogens is 288 g/mol. The van der Waals surface area contributed by atoms with E-state index in [1.54, 1.807) is 29.6 Å². The number of nitrogens with one attached hydrogen (secondary N) is 2. The van der Waals surface area contributed by atoms with Crippen molar-refractivity contribution in [2.75, 3.05) is 5.32 Å². The summed E-state index contributed by atoms with van der Waals surface area (Å²) >= 11 is 1.29. The number of carbonyl (C=O) groups is 2. The van der Waals surface area contributed by atoms with Crippen LogP contribution >= 0.6 is 11.3 Å². The lowest BCUT2D eigenvalue weighted by atomic mass is 10.1. The van der Waals surface area contributed by atoms with Crippen LogP contribution < -0.4 is 10.6 Å². The number of carboxylic acid groups (broad SMARTS) is 1. The number of hydrogen-bond donors (Lipinski definition) is 3. The van der Waals surface area contributed by atoms with Crippen LogP contribution in [0.1, 0.15) is 23.4 Å². The highest BCUT2D eigenvalue weighted by atomic mass is 32.1. The second-order valence-electron chi connectivity index (χ2n) is 4.44. The van der Waals surface area contributed by atoms with Gasteiger partial charge < -0.3 is 15.7 Å². The van der Waals surface area contributed by atoms with Crippen molar-refractivity contribution >= 4 is 29.0 Å². The van der Waals surface area contributed by atoms with Crippen LogP contribution in [0.3, 0.4) is 0 Å². The summed E-state index contributed by atoms with van der Waals surface area (Å²) in [5.74, 6) is -1.09. The Morgan fingerprint density at radius 2 is 1.95 bits per heavy atom. The predicted octanol–water partition coefficient (Wildman–Crippen LogP) is 3.26. The van der Waals surface area contributed by atoms with Gasteiger partial charge in [0.15, 0.2) is 6.04 Å². The maximum absolute atomic E-state index is 11.9. The third-order valence-corrected chi connectivity index (χ3v) is 3.91. The number of urea groups is 1. The molecule has 0 aliphatic rings. The molecule has 0 aliphatic heterocycles. The Morgan fingerprint density at radius 3 is 2.48 bits per heavy atom. The number of aryl methyl sites for hydroxylation is 1. The highest BCUT2D eigenvalue weighted by Crippen LogP contribution is 2.19. The standard InChI is InChI=1S/C15H16N2O3S/c1-2-10-5-7-11(8-6-10)16-15(20)17-13(14(18)19)12-4-3-9-21-12/h3-9,13H,2H2,1H3,(H,18,19)(H2,16,17,20). The number of thiophene rings is 1. The summed E-state index contributed by atoms with van der Waals surface area (Å²) in [5.41, 5.74) is 1.79. The second kappa shape index (κ2) is 6.90. The molecule has 3 N–H and O–H groups in total. The smallest absolute Gasteiger partial charge is 0.331 e. The first kappa shape index (κ1) is 15.1. The van der Waals surface area contributed by atoms with Crippen LogP contribution in [0, 0.1) is 0 Å². The first-order valence-corrected chi connectivity index (χ1v) is 7.40. The highest BCUT2D eigenvalue weighted by molar-refractivity contribution is 7.10. The van der Waals surface area contributed by atoms with Crippen LogP contribution in [0.15, 0.2) is 41.8 Å². The first-order chi connectivity index (χ1) is 10.1. The summed E-state index contributed by atoms with van der Waals surface area (Å²) in [5, 5.41) is 16.1. The second-order valence-corrected chi connectivity index (χ2v) is 5.41. The Balaban J connectivity index is 2.00. The molecule has 2 rings (SSSR count). The number of hydrogen-bond acceptors (Lipinski definition) is 3. The van der Waals surface area contributed by atoms with Crippen molar-refractivity contribution in [3.8, 4) is 0 Å². The average Bonchev–Trinajstić information content (AvgIpc) is 2.99. The lowest BCUT2D eigenvalue weighted by Gasteiger charge is -2.14. The molecule has 110 valence electrons. The highest BCUT2D eigenvalue weighted by Gasteiger charge is 2.22. The predicted molar refractivity (Wildman–Crippen MR) is 82.7 cm³/mol. The Morgan fingerprint density at radius 1 is 1.24 bits per heavy atom. The molecule has 21 heavy (non-hydrogen) atoms. The Kier molecular flexibility index (Phi) is 4.94. The largest absolute Gasteiger partial charge is 0.479 e. The van der Waals surface area contributed by atoms with Crippen LogP contribution in [0.25, 0.3) is 0 Å². The van der Waals surface area contributed by atoms with Gasteiger partial charge in [-0.25, -0.2) is 9.59 Å². The average molecular weight is 304 g/mol. The zero-order chi connectivity index (χ0) is 15.2. The van der Waals surface area contributed by atoms with Gasteiger partial charge in [0, 0.05) is 10.6 Å². The van der Waals surface area contributed by atoms with Crippen molar-refractivity contribution < 1.29 is 14.7 Å². The minimum atomic E-state index is -1.09. The molecule has 0 spiro atoms. The van der Waals surface area contributed by atoms with Crippen molar-refractivity contribution in [3.05, 3.63) is 52.2 Å². The van der Waals surface area contributed by atoms with Crippen LogP contribution in [-0.2, 0) is 11.2 Å². The van der Waals surface area contributed by atoms with Gasteiger partial charge in [0.1, 0.15) is 0 Å². The number of aliphatic carboxylic acids is 1. The summed E-state index contributed by atoms with van der Waals surface area (Å²) in [4.78, 5) is 23.7. The van der Waals surface area contributed by atoms with Gasteiger partial charge in [-0.3, -0.25) is 0 Å². The monoisotopic (exact) mass is 304 g/mol. The van der Waals surface area contributed by atoms with Crippen molar-refractivity contribution in [2.45, 2.75) is 19.4 Å². The van der Waals surface area contributed by atoms with Gasteiger partial charge in [0.25, 0.3) is 0 Å². The van der Waals surface area contributed by atoms with Gasteiger partial charge in [0.2, 0.25) is 0 Å². The molecule has 0 saturated heterocycles. The number of carbonyl (C=O) groups excluding carboxylic acids is 1. The lowest BCUT2D eigenvalue weighted by Crippen LogP contribution is -2.36. The number of amides is 2. The van der Waals surface area contributed by atoms with Gasteiger partial charge in [0.05, 0.1) is 0 Å². The molecule has 2 aromatic rings. The van der Waals surface area contributed by atoms with Gasteiger partial charge in [-0.2, -0.15) is 0 Å². The van der Waals surface area contributed by atoms with Crippen molar-refractivity contribution in [2.24, 2.45) is 0 Å². The summed E-state index contributed by atoms with van der Waals surface area (Å²) in [6.07, 6.45) is 0.923. The fourth-order valence-corrected chi connectivity index (χ4v) is 2.60. The van der Waals surface area contributed by atoms with E-state index < -0.39 is 18.0 Å². The molecule has 1 aromatic carbocycles. The Hall–Kier alpha value is -2.34. The topological polar surface area (TPSA) is 78.4 Å². The van der Waals surface area contributed by atoms with E-state index in [0.29, 0.717) is 10.6 Å². The van der Waals surface area contributed by atoms with E-state index in [9.17, 15) is 14.7 Å². The molecule has 5 nitrogen and oxygen atoms in total. The van der Waals surface area contributed by atoms with E-state index in [1.807, 2.05) is 19.1 Å². The molecule has 1 heterocycles. The number of anilines is 1. The summed E-state index contributed by atoms with van der Waals surface area (Å²) < 4.78 is 0. The molecule has 1 aromatic heterocycles. The van der Waals surface area contributed by atoms with Crippen LogP contribution in [-0.4, -0.2) is 17.1 Å². The van der Waals surface area contributed by atoms with Gasteiger partial charge in [-0.15, -0.1) is 11.3 Å². The van der Waals surface area contributed by atoms with Gasteiger partial charge in [-0.05, 0) is 35.6 Å². The van der Waals surface area contributed by atoms with E-state index in [0.717, 1.165) is 6.42 Å². The van der Waals surface area contributed by atoms with Crippen LogP contribution in [0.4, 0.5) is 10.5 Å². The Bertz CT molecular complexity index is 608. The first-order valence-electron chi connectivity index (χ1n) is 6.53.